The second kappa shape index (κ2) is 8.37. The summed E-state index contributed by atoms with van der Waals surface area (Å²) in [7, 11) is 1.99. The number of rotatable bonds is 6. The third kappa shape index (κ3) is 5.51. The van der Waals surface area contributed by atoms with Crippen LogP contribution in [0.1, 0.15) is 24.8 Å². The quantitative estimate of drug-likeness (QED) is 0.466. The van der Waals surface area contributed by atoms with Gasteiger partial charge in [-0.3, -0.25) is 9.89 Å². The van der Waals surface area contributed by atoms with Gasteiger partial charge in [0.15, 0.2) is 5.96 Å². The molecule has 1 aliphatic heterocycles. The van der Waals surface area contributed by atoms with Gasteiger partial charge in [0.2, 0.25) is 0 Å². The first-order valence-corrected chi connectivity index (χ1v) is 9.52. The van der Waals surface area contributed by atoms with Crippen molar-refractivity contribution in [3.05, 3.63) is 29.8 Å². The Kier molecular flexibility index (Phi) is 6.14. The monoisotopic (exact) mass is 383 g/mol. The Balaban J connectivity index is 1.41. The molecule has 27 heavy (non-hydrogen) atoms. The van der Waals surface area contributed by atoms with Crippen LogP contribution in [0.3, 0.4) is 0 Å². The molecule has 1 aliphatic carbocycles. The first kappa shape index (κ1) is 19.8. The van der Waals surface area contributed by atoms with E-state index in [4.69, 9.17) is 5.73 Å². The minimum Gasteiger partial charge on any atom is -0.370 e. The Hall–Kier alpha value is -1.96. The van der Waals surface area contributed by atoms with Crippen LogP contribution in [0.2, 0.25) is 0 Å². The lowest BCUT2D eigenvalue weighted by Gasteiger charge is -2.36. The summed E-state index contributed by atoms with van der Waals surface area (Å²) in [4.78, 5) is 10.8. The number of piperazine rings is 1. The molecule has 0 atom stereocenters. The molecule has 0 bridgehead atoms. The highest BCUT2D eigenvalue weighted by molar-refractivity contribution is 5.78. The zero-order valence-electron chi connectivity index (χ0n) is 15.8. The van der Waals surface area contributed by atoms with Crippen LogP contribution in [0, 0.1) is 0 Å². The van der Waals surface area contributed by atoms with Crippen LogP contribution in [0.5, 0.6) is 0 Å². The van der Waals surface area contributed by atoms with E-state index in [9.17, 15) is 13.2 Å². The number of nitrogens with zero attached hydrogens (tertiary/aromatic N) is 4. The van der Waals surface area contributed by atoms with E-state index in [1.54, 1.807) is 6.07 Å². The van der Waals surface area contributed by atoms with Crippen LogP contribution in [0.25, 0.3) is 0 Å². The molecule has 8 heteroatoms. The van der Waals surface area contributed by atoms with E-state index in [1.807, 2.05) is 16.8 Å². The van der Waals surface area contributed by atoms with E-state index < -0.39 is 11.7 Å². The average molecular weight is 383 g/mol. The zero-order valence-corrected chi connectivity index (χ0v) is 15.8. The van der Waals surface area contributed by atoms with Crippen molar-refractivity contribution in [1.29, 1.82) is 0 Å². The molecule has 2 N–H and O–H groups in total. The van der Waals surface area contributed by atoms with Crippen LogP contribution in [-0.4, -0.2) is 68.1 Å². The average Bonchev–Trinajstić information content (AvgIpc) is 3.49. The molecular weight excluding hydrogens is 355 g/mol. The highest BCUT2D eigenvalue weighted by Crippen LogP contribution is 2.31. The molecule has 0 radical (unpaired) electrons. The van der Waals surface area contributed by atoms with Crippen LogP contribution >= 0.6 is 0 Å². The summed E-state index contributed by atoms with van der Waals surface area (Å²) in [5.41, 5.74) is 6.03. The standard InChI is InChI=1S/C19H28F3N5/c1-25(16-6-7-16)18(23)24-8-3-9-26-10-12-27(13-11-26)17-5-2-4-15(14-17)19(20,21)22/h2,4-5,14,16H,3,6-13H2,1H3,(H2,23,24). The topological polar surface area (TPSA) is 48.1 Å². The van der Waals surface area contributed by atoms with E-state index >= 15 is 0 Å². The van der Waals surface area contributed by atoms with E-state index in [2.05, 4.69) is 9.89 Å². The van der Waals surface area contributed by atoms with Crippen molar-refractivity contribution in [3.8, 4) is 0 Å². The summed E-state index contributed by atoms with van der Waals surface area (Å²) in [6, 6.07) is 6.15. The summed E-state index contributed by atoms with van der Waals surface area (Å²) in [6.07, 6.45) is -0.970. The van der Waals surface area contributed by atoms with Crippen molar-refractivity contribution >= 4 is 11.6 Å². The second-order valence-electron chi connectivity index (χ2n) is 7.31. The van der Waals surface area contributed by atoms with E-state index in [0.717, 1.165) is 45.2 Å². The Morgan fingerprint density at radius 3 is 2.56 bits per heavy atom. The molecule has 0 aromatic heterocycles. The maximum Gasteiger partial charge on any atom is 0.416 e. The fourth-order valence-electron chi connectivity index (χ4n) is 3.36. The molecule has 150 valence electrons. The third-order valence-electron chi connectivity index (χ3n) is 5.27. The van der Waals surface area contributed by atoms with Crippen LogP contribution in [0.4, 0.5) is 18.9 Å². The predicted octanol–water partition coefficient (Wildman–Crippen LogP) is 2.63. The van der Waals surface area contributed by atoms with E-state index in [-0.39, 0.29) is 0 Å². The van der Waals surface area contributed by atoms with Gasteiger partial charge in [0, 0.05) is 58.0 Å². The predicted molar refractivity (Wildman–Crippen MR) is 102 cm³/mol. The first-order chi connectivity index (χ1) is 12.8. The van der Waals surface area contributed by atoms with Gasteiger partial charge in [-0.2, -0.15) is 13.2 Å². The number of nitrogens with two attached hydrogens (primary N) is 1. The van der Waals surface area contributed by atoms with Crippen molar-refractivity contribution in [3.63, 3.8) is 0 Å². The van der Waals surface area contributed by atoms with Gasteiger partial charge in [-0.05, 0) is 37.5 Å². The molecule has 5 nitrogen and oxygen atoms in total. The third-order valence-corrected chi connectivity index (χ3v) is 5.27. The molecule has 1 aromatic rings. The molecule has 1 aromatic carbocycles. The minimum atomic E-state index is -4.30. The lowest BCUT2D eigenvalue weighted by molar-refractivity contribution is -0.137. The zero-order chi connectivity index (χ0) is 19.4. The van der Waals surface area contributed by atoms with E-state index in [0.29, 0.717) is 24.2 Å². The molecule has 1 saturated carbocycles. The van der Waals surface area contributed by atoms with Gasteiger partial charge in [0.05, 0.1) is 5.56 Å². The number of anilines is 1. The number of alkyl halides is 3. The molecule has 0 amide bonds. The largest absolute Gasteiger partial charge is 0.416 e. The van der Waals surface area contributed by atoms with Gasteiger partial charge < -0.3 is 15.5 Å². The molecule has 2 fully saturated rings. The van der Waals surface area contributed by atoms with Gasteiger partial charge in [0.1, 0.15) is 0 Å². The van der Waals surface area contributed by atoms with Crippen molar-refractivity contribution in [1.82, 2.24) is 9.80 Å². The summed E-state index contributed by atoms with van der Waals surface area (Å²) in [5.74, 6) is 0.617. The number of guanidine groups is 1. The Bertz CT molecular complexity index is 649. The SMILES string of the molecule is CN(C(N)=NCCCN1CCN(c2cccc(C(F)(F)F)c2)CC1)C1CC1. The van der Waals surface area contributed by atoms with Gasteiger partial charge in [0.25, 0.3) is 0 Å². The van der Waals surface area contributed by atoms with Crippen molar-refractivity contribution in [2.45, 2.75) is 31.5 Å². The Morgan fingerprint density at radius 2 is 1.93 bits per heavy atom. The summed E-state index contributed by atoms with van der Waals surface area (Å²) < 4.78 is 38.6. The Labute approximate surface area is 158 Å². The number of hydrogen-bond donors (Lipinski definition) is 1. The van der Waals surface area contributed by atoms with Crippen LogP contribution < -0.4 is 10.6 Å². The van der Waals surface area contributed by atoms with Gasteiger partial charge in [-0.1, -0.05) is 6.07 Å². The maximum absolute atomic E-state index is 12.9. The lowest BCUT2D eigenvalue weighted by atomic mass is 10.1. The fourth-order valence-corrected chi connectivity index (χ4v) is 3.36. The summed E-state index contributed by atoms with van der Waals surface area (Å²) in [6.45, 7) is 4.79. The minimum absolute atomic E-state index is 0.567. The lowest BCUT2D eigenvalue weighted by Crippen LogP contribution is -2.46. The Morgan fingerprint density at radius 1 is 1.22 bits per heavy atom. The number of aliphatic imine (C=N–C) groups is 1. The molecule has 0 unspecified atom stereocenters. The highest BCUT2D eigenvalue weighted by atomic mass is 19.4. The van der Waals surface area contributed by atoms with Crippen molar-refractivity contribution in [2.75, 3.05) is 51.2 Å². The van der Waals surface area contributed by atoms with Crippen molar-refractivity contribution in [2.24, 2.45) is 10.7 Å². The summed E-state index contributed by atoms with van der Waals surface area (Å²) in [5, 5.41) is 0. The van der Waals surface area contributed by atoms with Gasteiger partial charge in [-0.15, -0.1) is 0 Å². The maximum atomic E-state index is 12.9. The molecule has 0 spiro atoms. The van der Waals surface area contributed by atoms with Crippen LogP contribution in [-0.2, 0) is 6.18 Å². The fraction of sp³-hybridized carbons (Fsp3) is 0.632. The summed E-state index contributed by atoms with van der Waals surface area (Å²) >= 11 is 0. The van der Waals surface area contributed by atoms with Crippen molar-refractivity contribution < 1.29 is 13.2 Å². The molecule has 2 aliphatic rings. The number of benzene rings is 1. The van der Waals surface area contributed by atoms with Crippen LogP contribution in [0.15, 0.2) is 29.3 Å². The molecule has 3 rings (SSSR count). The van der Waals surface area contributed by atoms with Gasteiger partial charge >= 0.3 is 6.18 Å². The molecular formula is C19H28F3N5. The molecule has 1 saturated heterocycles. The normalized spacial score (nSPS) is 19.4. The second-order valence-corrected chi connectivity index (χ2v) is 7.31. The van der Waals surface area contributed by atoms with E-state index in [1.165, 1.54) is 25.0 Å². The molecule has 1 heterocycles. The number of halogens is 3. The van der Waals surface area contributed by atoms with Gasteiger partial charge in [-0.25, -0.2) is 0 Å². The first-order valence-electron chi connectivity index (χ1n) is 9.52. The smallest absolute Gasteiger partial charge is 0.370 e. The number of hydrogen-bond acceptors (Lipinski definition) is 3. The highest BCUT2D eigenvalue weighted by Gasteiger charge is 2.31.